The van der Waals surface area contributed by atoms with Gasteiger partial charge in [0, 0.05) is 19.3 Å². The van der Waals surface area contributed by atoms with Crippen LogP contribution >= 0.6 is 0 Å². The Kier molecular flexibility index (Phi) is 5.13. The van der Waals surface area contributed by atoms with Crippen molar-refractivity contribution >= 4 is 15.7 Å². The average Bonchev–Trinajstić information content (AvgIpc) is 2.60. The van der Waals surface area contributed by atoms with Crippen molar-refractivity contribution < 1.29 is 18.3 Å². The number of hydrogen-bond donors (Lipinski definition) is 2. The van der Waals surface area contributed by atoms with Gasteiger partial charge in [-0.1, -0.05) is 36.4 Å². The Morgan fingerprint density at radius 1 is 1.19 bits per heavy atom. The van der Waals surface area contributed by atoms with Crippen LogP contribution in [0.3, 0.4) is 0 Å². The van der Waals surface area contributed by atoms with Crippen molar-refractivity contribution in [3.05, 3.63) is 65.2 Å². The van der Waals surface area contributed by atoms with Gasteiger partial charge < -0.3 is 10.8 Å². The number of sulfone groups is 1. The highest BCUT2D eigenvalue weighted by atomic mass is 32.2. The largest absolute Gasteiger partial charge is 0.387 e. The Labute approximate surface area is 153 Å². The number of aliphatic hydroxyl groups is 1. The molecule has 0 aromatic heterocycles. The van der Waals surface area contributed by atoms with Gasteiger partial charge in [-0.2, -0.15) is 0 Å². The van der Waals surface area contributed by atoms with Gasteiger partial charge in [-0.3, -0.25) is 9.69 Å². The van der Waals surface area contributed by atoms with Crippen molar-refractivity contribution in [1.82, 2.24) is 4.90 Å². The van der Waals surface area contributed by atoms with Crippen molar-refractivity contribution in [3.63, 3.8) is 0 Å². The molecule has 26 heavy (non-hydrogen) atoms. The SMILES string of the molecule is CS(=O)(=O)c1ccc(C(O)CN2Cc3ccccc3C[C@H]2C(N)=O)cc1. The van der Waals surface area contributed by atoms with Crippen molar-refractivity contribution in [2.45, 2.75) is 30.0 Å². The summed E-state index contributed by atoms with van der Waals surface area (Å²) >= 11 is 0. The van der Waals surface area contributed by atoms with E-state index in [4.69, 9.17) is 5.73 Å². The third kappa shape index (κ3) is 3.95. The van der Waals surface area contributed by atoms with E-state index in [0.29, 0.717) is 18.5 Å². The van der Waals surface area contributed by atoms with E-state index in [-0.39, 0.29) is 11.4 Å². The zero-order chi connectivity index (χ0) is 18.9. The monoisotopic (exact) mass is 374 g/mol. The van der Waals surface area contributed by atoms with Gasteiger partial charge in [-0.25, -0.2) is 8.42 Å². The predicted molar refractivity (Wildman–Crippen MR) is 98.1 cm³/mol. The van der Waals surface area contributed by atoms with Crippen LogP contribution in [0.2, 0.25) is 0 Å². The Morgan fingerprint density at radius 2 is 1.81 bits per heavy atom. The summed E-state index contributed by atoms with van der Waals surface area (Å²) in [4.78, 5) is 14.0. The lowest BCUT2D eigenvalue weighted by molar-refractivity contribution is -0.124. The molecule has 0 spiro atoms. The molecule has 2 atom stereocenters. The van der Waals surface area contributed by atoms with Crippen LogP contribution in [0.5, 0.6) is 0 Å². The molecule has 0 saturated heterocycles. The van der Waals surface area contributed by atoms with Crippen molar-refractivity contribution in [3.8, 4) is 0 Å². The van der Waals surface area contributed by atoms with E-state index in [2.05, 4.69) is 0 Å². The summed E-state index contributed by atoms with van der Waals surface area (Å²) in [7, 11) is -3.28. The highest BCUT2D eigenvalue weighted by Gasteiger charge is 2.31. The second-order valence-corrected chi connectivity index (χ2v) is 8.69. The van der Waals surface area contributed by atoms with E-state index in [1.165, 1.54) is 12.1 Å². The van der Waals surface area contributed by atoms with E-state index in [1.54, 1.807) is 12.1 Å². The molecule has 138 valence electrons. The van der Waals surface area contributed by atoms with E-state index in [0.717, 1.165) is 17.4 Å². The standard InChI is InChI=1S/C19H22N2O4S/c1-26(24,25)16-8-6-13(7-9-16)18(22)12-21-11-15-5-3-2-4-14(15)10-17(21)19(20)23/h2-9,17-18,22H,10-12H2,1H3,(H2,20,23)/t17-,18?/m0/s1. The first-order valence-electron chi connectivity index (χ1n) is 8.34. The lowest BCUT2D eigenvalue weighted by atomic mass is 9.93. The number of primary amides is 1. The normalized spacial score (nSPS) is 18.9. The number of hydrogen-bond acceptors (Lipinski definition) is 5. The lowest BCUT2D eigenvalue weighted by Crippen LogP contribution is -2.49. The minimum Gasteiger partial charge on any atom is -0.387 e. The summed E-state index contributed by atoms with van der Waals surface area (Å²) < 4.78 is 23.1. The molecule has 2 aromatic carbocycles. The maximum atomic E-state index is 11.9. The lowest BCUT2D eigenvalue weighted by Gasteiger charge is -2.36. The summed E-state index contributed by atoms with van der Waals surface area (Å²) in [6, 6.07) is 13.5. The Morgan fingerprint density at radius 3 is 2.38 bits per heavy atom. The van der Waals surface area contributed by atoms with Gasteiger partial charge in [0.2, 0.25) is 5.91 Å². The molecule has 1 aliphatic heterocycles. The van der Waals surface area contributed by atoms with Crippen LogP contribution in [-0.2, 0) is 27.6 Å². The molecule has 3 N–H and O–H groups in total. The van der Waals surface area contributed by atoms with Crippen molar-refractivity contribution in [2.75, 3.05) is 12.8 Å². The second kappa shape index (κ2) is 7.19. The molecular formula is C19H22N2O4S. The number of carbonyl (C=O) groups excluding carboxylic acids is 1. The molecule has 0 radical (unpaired) electrons. The zero-order valence-corrected chi connectivity index (χ0v) is 15.3. The number of rotatable bonds is 5. The van der Waals surface area contributed by atoms with Crippen LogP contribution in [-0.4, -0.2) is 43.2 Å². The number of aliphatic hydroxyl groups excluding tert-OH is 1. The van der Waals surface area contributed by atoms with Gasteiger partial charge >= 0.3 is 0 Å². The molecule has 1 aliphatic rings. The first-order valence-corrected chi connectivity index (χ1v) is 10.2. The maximum Gasteiger partial charge on any atom is 0.235 e. The zero-order valence-electron chi connectivity index (χ0n) is 14.5. The van der Waals surface area contributed by atoms with Gasteiger partial charge in [-0.05, 0) is 35.2 Å². The van der Waals surface area contributed by atoms with Crippen LogP contribution < -0.4 is 5.73 Å². The van der Waals surface area contributed by atoms with Crippen LogP contribution in [0, 0.1) is 0 Å². The third-order valence-corrected chi connectivity index (χ3v) is 5.90. The molecule has 6 nitrogen and oxygen atoms in total. The molecule has 0 saturated carbocycles. The summed E-state index contributed by atoms with van der Waals surface area (Å²) in [5, 5.41) is 10.6. The summed E-state index contributed by atoms with van der Waals surface area (Å²) in [6.45, 7) is 0.766. The Balaban J connectivity index is 1.79. The number of benzene rings is 2. The fraction of sp³-hybridized carbons (Fsp3) is 0.316. The molecule has 7 heteroatoms. The van der Waals surface area contributed by atoms with Crippen molar-refractivity contribution in [2.24, 2.45) is 5.73 Å². The number of β-amino-alcohol motifs (C(OH)–C–C–N with tert-alkyl or cyclic N) is 1. The van der Waals surface area contributed by atoms with Crippen LogP contribution in [0.25, 0.3) is 0 Å². The number of nitrogens with zero attached hydrogens (tertiary/aromatic N) is 1. The van der Waals surface area contributed by atoms with Gasteiger partial charge in [-0.15, -0.1) is 0 Å². The molecule has 0 bridgehead atoms. The Bertz CT molecular complexity index is 909. The molecular weight excluding hydrogens is 352 g/mol. The average molecular weight is 374 g/mol. The van der Waals surface area contributed by atoms with E-state index >= 15 is 0 Å². The third-order valence-electron chi connectivity index (χ3n) is 4.77. The van der Waals surface area contributed by atoms with Gasteiger partial charge in [0.15, 0.2) is 9.84 Å². The van der Waals surface area contributed by atoms with Crippen LogP contribution in [0.1, 0.15) is 22.8 Å². The minimum absolute atomic E-state index is 0.204. The van der Waals surface area contributed by atoms with Gasteiger partial charge in [0.25, 0.3) is 0 Å². The predicted octanol–water partition coefficient (Wildman–Crippen LogP) is 1.04. The number of nitrogens with two attached hydrogens (primary N) is 1. The quantitative estimate of drug-likeness (QED) is 0.814. The topological polar surface area (TPSA) is 101 Å². The van der Waals surface area contributed by atoms with Crippen LogP contribution in [0.15, 0.2) is 53.4 Å². The molecule has 1 unspecified atom stereocenters. The minimum atomic E-state index is -3.28. The highest BCUT2D eigenvalue weighted by molar-refractivity contribution is 7.90. The van der Waals surface area contributed by atoms with E-state index in [9.17, 15) is 18.3 Å². The number of fused-ring (bicyclic) bond motifs is 1. The molecule has 3 rings (SSSR count). The first-order chi connectivity index (χ1) is 12.3. The molecule has 0 fully saturated rings. The van der Waals surface area contributed by atoms with Crippen molar-refractivity contribution in [1.29, 1.82) is 0 Å². The fourth-order valence-electron chi connectivity index (χ4n) is 3.31. The molecule has 2 aromatic rings. The van der Waals surface area contributed by atoms with Crippen LogP contribution in [0.4, 0.5) is 0 Å². The van der Waals surface area contributed by atoms with E-state index < -0.39 is 27.9 Å². The van der Waals surface area contributed by atoms with Gasteiger partial charge in [0.05, 0.1) is 17.0 Å². The second-order valence-electron chi connectivity index (χ2n) is 6.68. The molecule has 0 aliphatic carbocycles. The Hall–Kier alpha value is -2.22. The smallest absolute Gasteiger partial charge is 0.235 e. The summed E-state index contributed by atoms with van der Waals surface area (Å²) in [5.74, 6) is -0.417. The first kappa shape index (κ1) is 18.6. The summed E-state index contributed by atoms with van der Waals surface area (Å²) in [6.07, 6.45) is 0.808. The van der Waals surface area contributed by atoms with Gasteiger partial charge in [0.1, 0.15) is 0 Å². The number of carbonyl (C=O) groups is 1. The summed E-state index contributed by atoms with van der Waals surface area (Å²) in [5.41, 5.74) is 8.38. The highest BCUT2D eigenvalue weighted by Crippen LogP contribution is 2.26. The fourth-order valence-corrected chi connectivity index (χ4v) is 3.94. The number of amides is 1. The van der Waals surface area contributed by atoms with E-state index in [1.807, 2.05) is 29.2 Å². The maximum absolute atomic E-state index is 11.9. The molecule has 1 amide bonds. The molecule has 1 heterocycles.